The molecule has 2 N–H and O–H groups in total. The van der Waals surface area contributed by atoms with E-state index in [1.807, 2.05) is 6.07 Å². The van der Waals surface area contributed by atoms with Crippen LogP contribution >= 0.6 is 24.8 Å². The number of carbonyl (C=O) groups is 1. The molecule has 1 atom stereocenters. The Labute approximate surface area is 107 Å². The highest BCUT2D eigenvalue weighted by Crippen LogP contribution is 2.14. The first-order valence-corrected chi connectivity index (χ1v) is 4.56. The van der Waals surface area contributed by atoms with Crippen molar-refractivity contribution in [3.63, 3.8) is 0 Å². The first kappa shape index (κ1) is 17.6. The number of rotatable bonds is 4. The highest BCUT2D eigenvalue weighted by Gasteiger charge is 2.19. The largest absolute Gasteiger partial charge is 0.465 e. The van der Waals surface area contributed by atoms with Gasteiger partial charge in [0.1, 0.15) is 0 Å². The molecule has 0 spiro atoms. The molecule has 0 aliphatic heterocycles. The number of carbonyl (C=O) groups excluding carboxylic acids is 1. The van der Waals surface area contributed by atoms with Gasteiger partial charge in [0, 0.05) is 18.9 Å². The normalized spacial score (nSPS) is 10.6. The number of halogens is 2. The highest BCUT2D eigenvalue weighted by molar-refractivity contribution is 5.85. The molecule has 0 radical (unpaired) electrons. The van der Waals surface area contributed by atoms with Crippen molar-refractivity contribution >= 4 is 30.8 Å². The van der Waals surface area contributed by atoms with E-state index in [2.05, 4.69) is 4.98 Å². The van der Waals surface area contributed by atoms with Gasteiger partial charge in [-0.3, -0.25) is 9.78 Å². The van der Waals surface area contributed by atoms with Crippen molar-refractivity contribution in [1.29, 1.82) is 0 Å². The van der Waals surface area contributed by atoms with Crippen molar-refractivity contribution in [3.05, 3.63) is 30.1 Å². The van der Waals surface area contributed by atoms with Crippen LogP contribution in [0, 0.1) is 0 Å². The Balaban J connectivity index is 0. The molecule has 1 rings (SSSR count). The van der Waals surface area contributed by atoms with Crippen molar-refractivity contribution < 1.29 is 9.53 Å². The Bertz CT molecular complexity index is 296. The zero-order chi connectivity index (χ0) is 10.4. The second-order valence-corrected chi connectivity index (χ2v) is 2.83. The van der Waals surface area contributed by atoms with Crippen molar-refractivity contribution in [2.24, 2.45) is 5.73 Å². The number of aromatic nitrogens is 1. The fraction of sp³-hybridized carbons (Fsp3) is 0.400. The first-order chi connectivity index (χ1) is 6.79. The van der Waals surface area contributed by atoms with E-state index in [0.29, 0.717) is 6.61 Å². The summed E-state index contributed by atoms with van der Waals surface area (Å²) >= 11 is 0. The zero-order valence-electron chi connectivity index (χ0n) is 8.96. The number of nitrogens with two attached hydrogens (primary N) is 1. The minimum Gasteiger partial charge on any atom is -0.465 e. The van der Waals surface area contributed by atoms with Crippen LogP contribution in [0.5, 0.6) is 0 Å². The second-order valence-electron chi connectivity index (χ2n) is 2.83. The van der Waals surface area contributed by atoms with Crippen LogP contribution in [-0.2, 0) is 9.53 Å². The third-order valence-corrected chi connectivity index (χ3v) is 1.89. The maximum atomic E-state index is 11.4. The summed E-state index contributed by atoms with van der Waals surface area (Å²) in [5.41, 5.74) is 6.31. The average Bonchev–Trinajstić information content (AvgIpc) is 2.21. The Morgan fingerprint density at radius 3 is 2.69 bits per heavy atom. The molecule has 0 aliphatic rings. The lowest BCUT2D eigenvalue weighted by Crippen LogP contribution is -2.23. The third-order valence-electron chi connectivity index (χ3n) is 1.89. The van der Waals surface area contributed by atoms with Crippen molar-refractivity contribution in [1.82, 2.24) is 4.98 Å². The maximum Gasteiger partial charge on any atom is 0.314 e. The molecule has 1 unspecified atom stereocenters. The molecule has 16 heavy (non-hydrogen) atoms. The minimum atomic E-state index is -0.399. The van der Waals surface area contributed by atoms with Gasteiger partial charge in [-0.1, -0.05) is 6.07 Å². The molecular weight excluding hydrogens is 251 g/mol. The molecule has 6 heteroatoms. The van der Waals surface area contributed by atoms with Gasteiger partial charge >= 0.3 is 5.97 Å². The molecule has 1 heterocycles. The summed E-state index contributed by atoms with van der Waals surface area (Å²) in [6.07, 6.45) is 3.29. The first-order valence-electron chi connectivity index (χ1n) is 4.56. The quantitative estimate of drug-likeness (QED) is 0.840. The lowest BCUT2D eigenvalue weighted by atomic mass is 10.0. The van der Waals surface area contributed by atoms with Crippen LogP contribution < -0.4 is 5.73 Å². The van der Waals surface area contributed by atoms with Gasteiger partial charge in [0.05, 0.1) is 12.5 Å². The molecule has 0 fully saturated rings. The number of esters is 1. The lowest BCUT2D eigenvalue weighted by molar-refractivity contribution is -0.144. The lowest BCUT2D eigenvalue weighted by Gasteiger charge is -2.12. The van der Waals surface area contributed by atoms with Crippen molar-refractivity contribution in [3.8, 4) is 0 Å². The summed E-state index contributed by atoms with van der Waals surface area (Å²) in [6.45, 7) is 2.38. The van der Waals surface area contributed by atoms with E-state index in [-0.39, 0.29) is 37.3 Å². The smallest absolute Gasteiger partial charge is 0.314 e. The van der Waals surface area contributed by atoms with E-state index in [1.54, 1.807) is 25.4 Å². The summed E-state index contributed by atoms with van der Waals surface area (Å²) in [5, 5.41) is 0. The topological polar surface area (TPSA) is 65.2 Å². The summed E-state index contributed by atoms with van der Waals surface area (Å²) in [4.78, 5) is 15.4. The van der Waals surface area contributed by atoms with Gasteiger partial charge in [-0.15, -0.1) is 24.8 Å². The van der Waals surface area contributed by atoms with Crippen molar-refractivity contribution in [2.75, 3.05) is 13.2 Å². The number of nitrogens with zero attached hydrogens (tertiary/aromatic N) is 1. The van der Waals surface area contributed by atoms with E-state index < -0.39 is 5.92 Å². The summed E-state index contributed by atoms with van der Waals surface area (Å²) < 4.78 is 4.90. The molecule has 0 aromatic carbocycles. The molecule has 92 valence electrons. The number of pyridine rings is 1. The monoisotopic (exact) mass is 266 g/mol. The minimum absolute atomic E-state index is 0. The van der Waals surface area contributed by atoms with Crippen LogP contribution in [0.25, 0.3) is 0 Å². The van der Waals surface area contributed by atoms with Gasteiger partial charge in [-0.05, 0) is 18.6 Å². The van der Waals surface area contributed by atoms with Crippen LogP contribution in [0.3, 0.4) is 0 Å². The Morgan fingerprint density at radius 1 is 1.56 bits per heavy atom. The summed E-state index contributed by atoms with van der Waals surface area (Å²) in [5.74, 6) is -0.688. The fourth-order valence-corrected chi connectivity index (χ4v) is 1.19. The van der Waals surface area contributed by atoms with E-state index in [4.69, 9.17) is 10.5 Å². The van der Waals surface area contributed by atoms with Gasteiger partial charge in [0.25, 0.3) is 0 Å². The zero-order valence-corrected chi connectivity index (χ0v) is 10.6. The van der Waals surface area contributed by atoms with E-state index in [1.165, 1.54) is 0 Å². The second kappa shape index (κ2) is 9.39. The van der Waals surface area contributed by atoms with Crippen LogP contribution in [0.1, 0.15) is 18.4 Å². The van der Waals surface area contributed by atoms with Crippen LogP contribution in [0.15, 0.2) is 24.5 Å². The molecule has 0 bridgehead atoms. The summed E-state index contributed by atoms with van der Waals surface area (Å²) in [7, 11) is 0. The number of hydrogen-bond donors (Lipinski definition) is 1. The molecule has 0 saturated heterocycles. The van der Waals surface area contributed by atoms with Crippen LogP contribution in [0.4, 0.5) is 0 Å². The molecule has 0 aliphatic carbocycles. The van der Waals surface area contributed by atoms with Crippen LogP contribution in [-0.4, -0.2) is 24.1 Å². The van der Waals surface area contributed by atoms with Crippen LogP contribution in [0.2, 0.25) is 0 Å². The van der Waals surface area contributed by atoms with E-state index in [0.717, 1.165) is 5.56 Å². The maximum absolute atomic E-state index is 11.4. The Morgan fingerprint density at radius 2 is 2.25 bits per heavy atom. The van der Waals surface area contributed by atoms with Crippen molar-refractivity contribution in [2.45, 2.75) is 12.8 Å². The average molecular weight is 267 g/mol. The predicted molar refractivity (Wildman–Crippen MR) is 67.2 cm³/mol. The molecule has 0 amide bonds. The van der Waals surface area contributed by atoms with Gasteiger partial charge in [-0.2, -0.15) is 0 Å². The molecular formula is C10H16Cl2N2O2. The standard InChI is InChI=1S/C10H14N2O2.2ClH/c1-2-14-10(13)9(6-11)8-4-3-5-12-7-8;;/h3-5,7,9H,2,6,11H2,1H3;2*1H. The van der Waals surface area contributed by atoms with Gasteiger partial charge in [0.15, 0.2) is 0 Å². The van der Waals surface area contributed by atoms with E-state index in [9.17, 15) is 4.79 Å². The molecule has 1 aromatic rings. The Kier molecular flexibility index (Phi) is 10.3. The summed E-state index contributed by atoms with van der Waals surface area (Å²) in [6, 6.07) is 3.60. The predicted octanol–water partition coefficient (Wildman–Crippen LogP) is 1.53. The van der Waals surface area contributed by atoms with Gasteiger partial charge < -0.3 is 10.5 Å². The Hall–Kier alpha value is -0.840. The van der Waals surface area contributed by atoms with Gasteiger partial charge in [0.2, 0.25) is 0 Å². The van der Waals surface area contributed by atoms with E-state index >= 15 is 0 Å². The SMILES string of the molecule is CCOC(=O)C(CN)c1cccnc1.Cl.Cl. The number of ether oxygens (including phenoxy) is 1. The fourth-order valence-electron chi connectivity index (χ4n) is 1.19. The highest BCUT2D eigenvalue weighted by atomic mass is 35.5. The molecule has 1 aromatic heterocycles. The number of hydrogen-bond acceptors (Lipinski definition) is 4. The molecule has 0 saturated carbocycles. The third kappa shape index (κ3) is 4.79. The molecule has 4 nitrogen and oxygen atoms in total. The van der Waals surface area contributed by atoms with Gasteiger partial charge in [-0.25, -0.2) is 0 Å².